The molecule has 1 aromatic carbocycles. The zero-order chi connectivity index (χ0) is 14.9. The molecule has 0 amide bonds. The molecular formula is C17H15ClFNO. The van der Waals surface area contributed by atoms with Crippen LogP contribution in [0.25, 0.3) is 0 Å². The number of hydrogen-bond donors (Lipinski definition) is 0. The second-order valence-electron chi connectivity index (χ2n) is 4.34. The van der Waals surface area contributed by atoms with Crippen molar-refractivity contribution < 1.29 is 9.13 Å². The topological polar surface area (TPSA) is 22.1 Å². The van der Waals surface area contributed by atoms with Gasteiger partial charge in [-0.3, -0.25) is 4.98 Å². The maximum atomic E-state index is 13.5. The Balaban J connectivity index is 1.95. The van der Waals surface area contributed by atoms with Gasteiger partial charge >= 0.3 is 0 Å². The van der Waals surface area contributed by atoms with Crippen LogP contribution in [0.4, 0.5) is 4.39 Å². The van der Waals surface area contributed by atoms with Crippen molar-refractivity contribution in [3.8, 4) is 17.6 Å². The number of halogens is 2. The first-order chi connectivity index (χ1) is 10.3. The van der Waals surface area contributed by atoms with E-state index < -0.39 is 0 Å². The monoisotopic (exact) mass is 303 g/mol. The molecule has 1 aromatic heterocycles. The molecule has 2 aromatic rings. The number of benzene rings is 1. The number of pyridine rings is 1. The SMILES string of the molecule is Fc1cc(C#CCCCl)cc(OCCc2ccccn2)c1. The zero-order valence-electron chi connectivity index (χ0n) is 11.5. The van der Waals surface area contributed by atoms with E-state index in [9.17, 15) is 4.39 Å². The summed E-state index contributed by atoms with van der Waals surface area (Å²) in [5.74, 6) is 6.32. The van der Waals surface area contributed by atoms with E-state index in [0.717, 1.165) is 5.69 Å². The van der Waals surface area contributed by atoms with Crippen molar-refractivity contribution in [3.63, 3.8) is 0 Å². The standard InChI is InChI=1S/C17H15ClFNO/c18-8-3-1-5-14-11-15(19)13-17(12-14)21-10-7-16-6-2-4-9-20-16/h2,4,6,9,11-13H,3,7-8,10H2. The Morgan fingerprint density at radius 2 is 2.14 bits per heavy atom. The molecule has 1 heterocycles. The van der Waals surface area contributed by atoms with Crippen LogP contribution in [-0.2, 0) is 6.42 Å². The van der Waals surface area contributed by atoms with E-state index in [0.29, 0.717) is 36.6 Å². The zero-order valence-corrected chi connectivity index (χ0v) is 12.2. The molecule has 0 radical (unpaired) electrons. The van der Waals surface area contributed by atoms with Gasteiger partial charge in [-0.15, -0.1) is 11.6 Å². The fraction of sp³-hybridized carbons (Fsp3) is 0.235. The van der Waals surface area contributed by atoms with Crippen LogP contribution >= 0.6 is 11.6 Å². The molecule has 0 saturated carbocycles. The predicted octanol–water partition coefficient (Wildman–Crippen LogP) is 3.82. The van der Waals surface area contributed by atoms with Gasteiger partial charge in [0.2, 0.25) is 0 Å². The van der Waals surface area contributed by atoms with Gasteiger partial charge in [0.05, 0.1) is 6.61 Å². The summed E-state index contributed by atoms with van der Waals surface area (Å²) >= 11 is 5.55. The van der Waals surface area contributed by atoms with Gasteiger partial charge in [0.25, 0.3) is 0 Å². The van der Waals surface area contributed by atoms with E-state index in [2.05, 4.69) is 16.8 Å². The molecule has 0 aliphatic heterocycles. The lowest BCUT2D eigenvalue weighted by Gasteiger charge is -2.06. The Morgan fingerprint density at radius 1 is 1.24 bits per heavy atom. The Labute approximate surface area is 128 Å². The van der Waals surface area contributed by atoms with E-state index in [1.807, 2.05) is 18.2 Å². The van der Waals surface area contributed by atoms with Gasteiger partial charge < -0.3 is 4.74 Å². The maximum Gasteiger partial charge on any atom is 0.128 e. The summed E-state index contributed by atoms with van der Waals surface area (Å²) in [5, 5.41) is 0. The van der Waals surface area contributed by atoms with Gasteiger partial charge in [-0.05, 0) is 24.3 Å². The molecule has 0 aliphatic carbocycles. The van der Waals surface area contributed by atoms with Crippen LogP contribution in [0.2, 0.25) is 0 Å². The van der Waals surface area contributed by atoms with Crippen LogP contribution in [0, 0.1) is 17.7 Å². The normalized spacial score (nSPS) is 9.81. The molecule has 21 heavy (non-hydrogen) atoms. The third kappa shape index (κ3) is 5.45. The number of hydrogen-bond acceptors (Lipinski definition) is 2. The highest BCUT2D eigenvalue weighted by Crippen LogP contribution is 2.16. The molecule has 2 nitrogen and oxygen atoms in total. The Morgan fingerprint density at radius 3 is 2.90 bits per heavy atom. The minimum atomic E-state index is -0.361. The van der Waals surface area contributed by atoms with Crippen LogP contribution in [0.5, 0.6) is 5.75 Å². The fourth-order valence-electron chi connectivity index (χ4n) is 1.75. The minimum Gasteiger partial charge on any atom is -0.493 e. The number of aromatic nitrogens is 1. The van der Waals surface area contributed by atoms with E-state index in [4.69, 9.17) is 16.3 Å². The van der Waals surface area contributed by atoms with Crippen molar-refractivity contribution in [2.24, 2.45) is 0 Å². The predicted molar refractivity (Wildman–Crippen MR) is 82.1 cm³/mol. The molecule has 2 rings (SSSR count). The first kappa shape index (κ1) is 15.3. The molecule has 0 atom stereocenters. The second-order valence-corrected chi connectivity index (χ2v) is 4.71. The summed E-state index contributed by atoms with van der Waals surface area (Å²) in [6, 6.07) is 10.2. The van der Waals surface area contributed by atoms with Gasteiger partial charge in [0.1, 0.15) is 11.6 Å². The number of alkyl halides is 1. The van der Waals surface area contributed by atoms with Crippen LogP contribution < -0.4 is 4.74 Å². The lowest BCUT2D eigenvalue weighted by Crippen LogP contribution is -2.03. The average molecular weight is 304 g/mol. The van der Waals surface area contributed by atoms with E-state index in [1.54, 1.807) is 12.3 Å². The summed E-state index contributed by atoms with van der Waals surface area (Å²) in [6.07, 6.45) is 2.99. The molecular weight excluding hydrogens is 289 g/mol. The Kier molecular flexibility index (Phi) is 6.05. The quantitative estimate of drug-likeness (QED) is 0.619. The van der Waals surface area contributed by atoms with Crippen molar-refractivity contribution in [2.75, 3.05) is 12.5 Å². The van der Waals surface area contributed by atoms with E-state index >= 15 is 0 Å². The lowest BCUT2D eigenvalue weighted by atomic mass is 10.2. The Bertz CT molecular complexity index is 634. The average Bonchev–Trinajstić information content (AvgIpc) is 2.48. The van der Waals surface area contributed by atoms with Crippen molar-refractivity contribution in [3.05, 3.63) is 59.7 Å². The molecule has 0 aliphatic rings. The van der Waals surface area contributed by atoms with Crippen molar-refractivity contribution in [1.82, 2.24) is 4.98 Å². The molecule has 0 spiro atoms. The maximum absolute atomic E-state index is 13.5. The third-order valence-electron chi connectivity index (χ3n) is 2.68. The van der Waals surface area contributed by atoms with Gasteiger partial charge in [0.15, 0.2) is 0 Å². The van der Waals surface area contributed by atoms with E-state index in [-0.39, 0.29) is 5.82 Å². The number of ether oxygens (including phenoxy) is 1. The molecule has 0 saturated heterocycles. The van der Waals surface area contributed by atoms with Gasteiger partial charge in [-0.25, -0.2) is 4.39 Å². The first-order valence-electron chi connectivity index (χ1n) is 6.66. The molecule has 0 N–H and O–H groups in total. The van der Waals surface area contributed by atoms with Crippen molar-refractivity contribution in [2.45, 2.75) is 12.8 Å². The van der Waals surface area contributed by atoms with E-state index in [1.165, 1.54) is 12.1 Å². The smallest absolute Gasteiger partial charge is 0.128 e. The third-order valence-corrected chi connectivity index (χ3v) is 2.87. The van der Waals surface area contributed by atoms with Gasteiger partial charge in [-0.1, -0.05) is 17.9 Å². The van der Waals surface area contributed by atoms with Crippen molar-refractivity contribution >= 4 is 11.6 Å². The molecule has 108 valence electrons. The highest BCUT2D eigenvalue weighted by molar-refractivity contribution is 6.18. The second kappa shape index (κ2) is 8.28. The highest BCUT2D eigenvalue weighted by Gasteiger charge is 2.01. The van der Waals surface area contributed by atoms with Crippen LogP contribution in [-0.4, -0.2) is 17.5 Å². The lowest BCUT2D eigenvalue weighted by molar-refractivity contribution is 0.319. The van der Waals surface area contributed by atoms with Crippen LogP contribution in [0.3, 0.4) is 0 Å². The molecule has 4 heteroatoms. The fourth-order valence-corrected chi connectivity index (χ4v) is 1.84. The summed E-state index contributed by atoms with van der Waals surface area (Å²) in [4.78, 5) is 4.21. The summed E-state index contributed by atoms with van der Waals surface area (Å²) in [5.41, 5.74) is 1.53. The number of rotatable bonds is 5. The molecule has 0 fully saturated rings. The van der Waals surface area contributed by atoms with Crippen LogP contribution in [0.15, 0.2) is 42.6 Å². The van der Waals surface area contributed by atoms with Crippen molar-refractivity contribution in [1.29, 1.82) is 0 Å². The number of nitrogens with zero attached hydrogens (tertiary/aromatic N) is 1. The minimum absolute atomic E-state index is 0.361. The first-order valence-corrected chi connectivity index (χ1v) is 7.19. The van der Waals surface area contributed by atoms with Gasteiger partial charge in [0, 0.05) is 42.2 Å². The summed E-state index contributed by atoms with van der Waals surface area (Å²) in [7, 11) is 0. The summed E-state index contributed by atoms with van der Waals surface area (Å²) in [6.45, 7) is 0.439. The largest absolute Gasteiger partial charge is 0.493 e. The highest BCUT2D eigenvalue weighted by atomic mass is 35.5. The van der Waals surface area contributed by atoms with Crippen LogP contribution in [0.1, 0.15) is 17.7 Å². The van der Waals surface area contributed by atoms with Gasteiger partial charge in [-0.2, -0.15) is 0 Å². The molecule has 0 unspecified atom stereocenters. The Hall–Kier alpha value is -2.05. The molecule has 0 bridgehead atoms. The summed E-state index contributed by atoms with van der Waals surface area (Å²) < 4.78 is 19.1.